The van der Waals surface area contributed by atoms with Crippen LogP contribution < -0.4 is 5.43 Å². The molecule has 0 spiro atoms. The average molecular weight is 250 g/mol. The Morgan fingerprint density at radius 1 is 1.11 bits per heavy atom. The molecule has 1 aromatic heterocycles. The number of nitrogens with zero attached hydrogens (tertiary/aromatic N) is 3. The summed E-state index contributed by atoms with van der Waals surface area (Å²) < 4.78 is 0. The van der Waals surface area contributed by atoms with E-state index in [1.54, 1.807) is 5.01 Å². The van der Waals surface area contributed by atoms with E-state index >= 15 is 0 Å². The molecule has 0 unspecified atom stereocenters. The van der Waals surface area contributed by atoms with Crippen molar-refractivity contribution in [3.8, 4) is 0 Å². The number of hydrogen-bond donors (Lipinski definition) is 2. The van der Waals surface area contributed by atoms with Crippen LogP contribution in [0.3, 0.4) is 0 Å². The number of aromatic nitrogens is 2. The Hall–Kier alpha value is -2.02. The maximum atomic E-state index is 11.9. The van der Waals surface area contributed by atoms with Crippen molar-refractivity contribution in [2.75, 3.05) is 13.1 Å². The van der Waals surface area contributed by atoms with Crippen LogP contribution in [0.5, 0.6) is 0 Å². The first-order valence-electron chi connectivity index (χ1n) is 5.78. The first kappa shape index (κ1) is 12.4. The Morgan fingerprint density at radius 3 is 2.33 bits per heavy atom. The highest BCUT2D eigenvalue weighted by Gasteiger charge is 2.21. The summed E-state index contributed by atoms with van der Waals surface area (Å²) in [5.41, 5.74) is 2.18. The second-order valence-corrected chi connectivity index (χ2v) is 4.05. The third kappa shape index (κ3) is 2.80. The minimum absolute atomic E-state index is 0.157. The van der Waals surface area contributed by atoms with Gasteiger partial charge in [-0.25, -0.2) is 19.8 Å². The molecule has 0 atom stereocenters. The molecule has 0 radical (unpaired) electrons. The van der Waals surface area contributed by atoms with Gasteiger partial charge in [-0.05, 0) is 12.8 Å². The van der Waals surface area contributed by atoms with E-state index in [-0.39, 0.29) is 11.4 Å². The van der Waals surface area contributed by atoms with Gasteiger partial charge in [-0.2, -0.15) is 0 Å². The SMILES string of the molecule is O=C(O)c1nccnc1C(=O)NN1CCCCC1. The fourth-order valence-electron chi connectivity index (χ4n) is 1.86. The van der Waals surface area contributed by atoms with Crippen LogP contribution in [0, 0.1) is 0 Å². The van der Waals surface area contributed by atoms with Crippen LogP contribution in [-0.4, -0.2) is 45.0 Å². The molecule has 1 saturated heterocycles. The van der Waals surface area contributed by atoms with Crippen LogP contribution in [0.15, 0.2) is 12.4 Å². The zero-order chi connectivity index (χ0) is 13.0. The molecule has 2 heterocycles. The smallest absolute Gasteiger partial charge is 0.356 e. The van der Waals surface area contributed by atoms with Crippen molar-refractivity contribution in [2.45, 2.75) is 19.3 Å². The van der Waals surface area contributed by atoms with Gasteiger partial charge < -0.3 is 5.11 Å². The Kier molecular flexibility index (Phi) is 3.83. The highest BCUT2D eigenvalue weighted by atomic mass is 16.4. The number of hydrogen-bond acceptors (Lipinski definition) is 5. The van der Waals surface area contributed by atoms with Gasteiger partial charge in [0.25, 0.3) is 5.91 Å². The van der Waals surface area contributed by atoms with Crippen molar-refractivity contribution in [1.29, 1.82) is 0 Å². The average Bonchev–Trinajstić information content (AvgIpc) is 2.40. The zero-order valence-electron chi connectivity index (χ0n) is 9.80. The number of carbonyl (C=O) groups excluding carboxylic acids is 1. The summed E-state index contributed by atoms with van der Waals surface area (Å²) in [7, 11) is 0. The first-order chi connectivity index (χ1) is 8.68. The number of carboxylic acids is 1. The number of carboxylic acid groups (broad SMARTS) is 1. The van der Waals surface area contributed by atoms with Gasteiger partial charge >= 0.3 is 5.97 Å². The molecule has 96 valence electrons. The summed E-state index contributed by atoms with van der Waals surface area (Å²) >= 11 is 0. The van der Waals surface area contributed by atoms with E-state index in [1.807, 2.05) is 0 Å². The van der Waals surface area contributed by atoms with Gasteiger partial charge in [0.1, 0.15) is 0 Å². The quantitative estimate of drug-likeness (QED) is 0.801. The van der Waals surface area contributed by atoms with E-state index < -0.39 is 11.9 Å². The maximum Gasteiger partial charge on any atom is 0.356 e. The summed E-state index contributed by atoms with van der Waals surface area (Å²) in [6, 6.07) is 0. The predicted octanol–water partition coefficient (Wildman–Crippen LogP) is 0.305. The van der Waals surface area contributed by atoms with Crippen molar-refractivity contribution >= 4 is 11.9 Å². The summed E-state index contributed by atoms with van der Waals surface area (Å²) in [5.74, 6) is -1.78. The molecule has 0 aliphatic carbocycles. The predicted molar refractivity (Wildman–Crippen MR) is 61.9 cm³/mol. The van der Waals surface area contributed by atoms with Crippen LogP contribution in [0.1, 0.15) is 40.2 Å². The molecule has 1 amide bonds. The topological polar surface area (TPSA) is 95.4 Å². The minimum atomic E-state index is -1.26. The molecule has 7 nitrogen and oxygen atoms in total. The number of hydrazine groups is 1. The standard InChI is InChI=1S/C11H14N4O3/c16-10(14-15-6-2-1-3-7-15)8-9(11(17)18)13-5-4-12-8/h4-5H,1-3,6-7H2,(H,14,16)(H,17,18). The largest absolute Gasteiger partial charge is 0.476 e. The molecule has 18 heavy (non-hydrogen) atoms. The number of amides is 1. The van der Waals surface area contributed by atoms with Crippen LogP contribution in [0.2, 0.25) is 0 Å². The first-order valence-corrected chi connectivity index (χ1v) is 5.78. The number of piperidine rings is 1. The molecule has 2 N–H and O–H groups in total. The summed E-state index contributed by atoms with van der Waals surface area (Å²) in [5, 5.41) is 10.7. The summed E-state index contributed by atoms with van der Waals surface area (Å²) in [4.78, 5) is 30.3. The molecule has 1 fully saturated rings. The van der Waals surface area contributed by atoms with Gasteiger partial charge in [0, 0.05) is 25.5 Å². The van der Waals surface area contributed by atoms with E-state index in [9.17, 15) is 9.59 Å². The lowest BCUT2D eigenvalue weighted by molar-refractivity contribution is 0.0666. The lowest BCUT2D eigenvalue weighted by Crippen LogP contribution is -2.45. The van der Waals surface area contributed by atoms with Crippen molar-refractivity contribution in [3.05, 3.63) is 23.8 Å². The van der Waals surface area contributed by atoms with Crippen molar-refractivity contribution < 1.29 is 14.7 Å². The second kappa shape index (κ2) is 5.54. The summed E-state index contributed by atoms with van der Waals surface area (Å²) in [6.45, 7) is 1.54. The van der Waals surface area contributed by atoms with E-state index in [4.69, 9.17) is 5.11 Å². The van der Waals surface area contributed by atoms with Gasteiger partial charge in [-0.1, -0.05) is 6.42 Å². The number of aromatic carboxylic acids is 1. The monoisotopic (exact) mass is 250 g/mol. The summed E-state index contributed by atoms with van der Waals surface area (Å²) in [6.07, 6.45) is 5.75. The van der Waals surface area contributed by atoms with Gasteiger partial charge in [0.05, 0.1) is 0 Å². The highest BCUT2D eigenvalue weighted by molar-refractivity contribution is 6.01. The van der Waals surface area contributed by atoms with Crippen molar-refractivity contribution in [1.82, 2.24) is 20.4 Å². The molecule has 1 aromatic rings. The zero-order valence-corrected chi connectivity index (χ0v) is 9.80. The molecule has 1 aliphatic rings. The number of nitrogens with one attached hydrogen (secondary N) is 1. The van der Waals surface area contributed by atoms with Crippen LogP contribution >= 0.6 is 0 Å². The van der Waals surface area contributed by atoms with Crippen molar-refractivity contribution in [2.24, 2.45) is 0 Å². The Labute approximate surface area is 104 Å². The van der Waals surface area contributed by atoms with Gasteiger partial charge in [-0.3, -0.25) is 10.2 Å². The lowest BCUT2D eigenvalue weighted by atomic mass is 10.2. The Morgan fingerprint density at radius 2 is 1.72 bits per heavy atom. The van der Waals surface area contributed by atoms with Crippen LogP contribution in [0.25, 0.3) is 0 Å². The van der Waals surface area contributed by atoms with Gasteiger partial charge in [0.2, 0.25) is 0 Å². The molecule has 0 saturated carbocycles. The Bertz CT molecular complexity index is 457. The Balaban J connectivity index is 2.10. The highest BCUT2D eigenvalue weighted by Crippen LogP contribution is 2.07. The van der Waals surface area contributed by atoms with Gasteiger partial charge in [-0.15, -0.1) is 0 Å². The third-order valence-corrected chi connectivity index (χ3v) is 2.73. The number of rotatable bonds is 3. The third-order valence-electron chi connectivity index (χ3n) is 2.73. The number of carbonyl (C=O) groups is 2. The van der Waals surface area contributed by atoms with E-state index in [0.717, 1.165) is 32.4 Å². The fraction of sp³-hybridized carbons (Fsp3) is 0.455. The maximum absolute atomic E-state index is 11.9. The molecule has 1 aliphatic heterocycles. The molecule has 2 rings (SSSR count). The molecular weight excluding hydrogens is 236 g/mol. The van der Waals surface area contributed by atoms with E-state index in [2.05, 4.69) is 15.4 Å². The molecular formula is C11H14N4O3. The minimum Gasteiger partial charge on any atom is -0.476 e. The van der Waals surface area contributed by atoms with Crippen LogP contribution in [0.4, 0.5) is 0 Å². The molecule has 0 bridgehead atoms. The fourth-order valence-corrected chi connectivity index (χ4v) is 1.86. The van der Waals surface area contributed by atoms with E-state index in [0.29, 0.717) is 0 Å². The molecule has 0 aromatic carbocycles. The normalized spacial score (nSPS) is 16.2. The van der Waals surface area contributed by atoms with E-state index in [1.165, 1.54) is 12.4 Å². The van der Waals surface area contributed by atoms with Gasteiger partial charge in [0.15, 0.2) is 11.4 Å². The molecule has 7 heteroatoms. The van der Waals surface area contributed by atoms with Crippen molar-refractivity contribution in [3.63, 3.8) is 0 Å². The van der Waals surface area contributed by atoms with Crippen LogP contribution in [-0.2, 0) is 0 Å². The second-order valence-electron chi connectivity index (χ2n) is 4.05. The lowest BCUT2D eigenvalue weighted by Gasteiger charge is -2.26.